The maximum atomic E-state index is 13.7. The minimum absolute atomic E-state index is 0.0294. The number of carbonyl (C=O) groups excluding carboxylic acids is 1. The summed E-state index contributed by atoms with van der Waals surface area (Å²) in [6.07, 6.45) is -2.69. The molecule has 0 saturated carbocycles. The van der Waals surface area contributed by atoms with Crippen molar-refractivity contribution in [1.82, 2.24) is 19.9 Å². The first-order valence-corrected chi connectivity index (χ1v) is 12.0. The summed E-state index contributed by atoms with van der Waals surface area (Å²) in [5.74, 6) is -4.70. The summed E-state index contributed by atoms with van der Waals surface area (Å²) >= 11 is 1.07. The van der Waals surface area contributed by atoms with E-state index in [0.29, 0.717) is 6.54 Å². The van der Waals surface area contributed by atoms with Gasteiger partial charge in [0.25, 0.3) is 0 Å². The van der Waals surface area contributed by atoms with Gasteiger partial charge in [-0.05, 0) is 25.0 Å². The van der Waals surface area contributed by atoms with E-state index in [4.69, 9.17) is 4.74 Å². The van der Waals surface area contributed by atoms with Gasteiger partial charge in [0.2, 0.25) is 5.91 Å². The number of halogens is 3. The van der Waals surface area contributed by atoms with Crippen LogP contribution in [0.15, 0.2) is 18.3 Å². The minimum Gasteiger partial charge on any atom is -0.394 e. The van der Waals surface area contributed by atoms with Gasteiger partial charge in [-0.2, -0.15) is 0 Å². The zero-order valence-corrected chi connectivity index (χ0v) is 20.5. The number of aromatic nitrogens is 3. The highest BCUT2D eigenvalue weighted by atomic mass is 32.2. The van der Waals surface area contributed by atoms with Crippen LogP contribution in [0.25, 0.3) is 11.3 Å². The average Bonchev–Trinajstić information content (AvgIpc) is 3.30. The average molecular weight is 519 g/mol. The predicted octanol–water partition coefficient (Wildman–Crippen LogP) is 1.58. The van der Waals surface area contributed by atoms with E-state index in [1.165, 1.54) is 6.20 Å². The summed E-state index contributed by atoms with van der Waals surface area (Å²) in [6.45, 7) is 5.46. The lowest BCUT2D eigenvalue weighted by atomic mass is 9.97. The monoisotopic (exact) mass is 518 g/mol. The second kappa shape index (κ2) is 11.2. The van der Waals surface area contributed by atoms with Crippen LogP contribution in [0.5, 0.6) is 0 Å². The van der Waals surface area contributed by atoms with Crippen molar-refractivity contribution in [2.75, 3.05) is 20.2 Å². The van der Waals surface area contributed by atoms with Crippen molar-refractivity contribution < 1.29 is 38.0 Å². The number of rotatable bonds is 8. The molecule has 1 fully saturated rings. The number of aliphatic hydroxyl groups is 3. The lowest BCUT2D eigenvalue weighted by Gasteiger charge is -2.43. The molecule has 0 radical (unpaired) electrons. The number of carbonyl (C=O) groups is 1. The van der Waals surface area contributed by atoms with Gasteiger partial charge in [0.15, 0.2) is 17.5 Å². The van der Waals surface area contributed by atoms with Crippen molar-refractivity contribution in [2.24, 2.45) is 5.92 Å². The topological polar surface area (TPSA) is 121 Å². The van der Waals surface area contributed by atoms with E-state index >= 15 is 0 Å². The minimum atomic E-state index is -1.62. The molecule has 1 aromatic heterocycles. The third kappa shape index (κ3) is 5.64. The molecule has 0 aliphatic carbocycles. The molecule has 0 bridgehead atoms. The second-order valence-electron chi connectivity index (χ2n) is 8.69. The van der Waals surface area contributed by atoms with Gasteiger partial charge in [0, 0.05) is 19.2 Å². The van der Waals surface area contributed by atoms with Crippen molar-refractivity contribution in [3.05, 3.63) is 35.8 Å². The zero-order chi connectivity index (χ0) is 26.0. The molecule has 1 aliphatic rings. The number of thioether (sulfide) groups is 1. The number of amides is 1. The van der Waals surface area contributed by atoms with Gasteiger partial charge in [-0.15, -0.1) is 16.9 Å². The predicted molar refractivity (Wildman–Crippen MR) is 122 cm³/mol. The lowest BCUT2D eigenvalue weighted by Crippen LogP contribution is -2.56. The molecule has 1 aliphatic heterocycles. The highest BCUT2D eigenvalue weighted by Crippen LogP contribution is 2.38. The van der Waals surface area contributed by atoms with Crippen LogP contribution in [0.2, 0.25) is 0 Å². The molecule has 0 spiro atoms. The Morgan fingerprint density at radius 2 is 1.86 bits per heavy atom. The molecular weight excluding hydrogens is 489 g/mol. The van der Waals surface area contributed by atoms with Crippen LogP contribution >= 0.6 is 11.8 Å². The standard InChI is InChI=1S/C22H29F3N4O5S/c1-5-28(4)21(33)20(10(2)3)35-22-19(32)17(18(31)15(9-30)34-22)29-8-14(26-27-29)11-6-12(23)16(25)13(24)7-11/h6-8,10,15,17-20,22,30-32H,5,9H2,1-4H3/t15-,17+,18+,19-,20?,22+/m1/s1. The summed E-state index contributed by atoms with van der Waals surface area (Å²) in [6, 6.07) is 0.339. The molecular formula is C22H29F3N4O5S. The van der Waals surface area contributed by atoms with Gasteiger partial charge < -0.3 is 25.0 Å². The number of hydrogen-bond donors (Lipinski definition) is 3. The molecule has 1 aromatic carbocycles. The maximum Gasteiger partial charge on any atom is 0.235 e. The molecule has 3 N–H and O–H groups in total. The summed E-state index contributed by atoms with van der Waals surface area (Å²) < 4.78 is 47.5. The number of aliphatic hydroxyl groups excluding tert-OH is 3. The molecule has 35 heavy (non-hydrogen) atoms. The van der Waals surface area contributed by atoms with E-state index < -0.39 is 59.1 Å². The van der Waals surface area contributed by atoms with Crippen molar-refractivity contribution in [2.45, 2.75) is 55.8 Å². The SMILES string of the molecule is CCN(C)C(=O)C(S[C@@H]1O[C@H](CO)[C@H](O)[C@H](n2cc(-c3cc(F)c(F)c(F)c3)nn2)[C@H]1O)C(C)C. The fourth-order valence-corrected chi connectivity index (χ4v) is 5.20. The number of hydrogen-bond acceptors (Lipinski definition) is 8. The van der Waals surface area contributed by atoms with Crippen LogP contribution in [0, 0.1) is 23.4 Å². The molecule has 2 heterocycles. The molecule has 9 nitrogen and oxygen atoms in total. The summed E-state index contributed by atoms with van der Waals surface area (Å²) in [4.78, 5) is 14.4. The largest absolute Gasteiger partial charge is 0.394 e. The fourth-order valence-electron chi connectivity index (χ4n) is 3.77. The third-order valence-corrected chi connectivity index (χ3v) is 7.62. The highest BCUT2D eigenvalue weighted by Gasteiger charge is 2.48. The van der Waals surface area contributed by atoms with Gasteiger partial charge in [0.1, 0.15) is 35.5 Å². The molecule has 1 amide bonds. The Hall–Kier alpha value is -2.19. The van der Waals surface area contributed by atoms with Crippen LogP contribution in [0.3, 0.4) is 0 Å². The zero-order valence-electron chi connectivity index (χ0n) is 19.7. The van der Waals surface area contributed by atoms with Gasteiger partial charge in [-0.25, -0.2) is 17.9 Å². The Morgan fingerprint density at radius 3 is 2.40 bits per heavy atom. The van der Waals surface area contributed by atoms with E-state index in [9.17, 15) is 33.3 Å². The Bertz CT molecular complexity index is 1020. The van der Waals surface area contributed by atoms with Crippen LogP contribution in [0.1, 0.15) is 26.8 Å². The Labute approximate surface area is 204 Å². The van der Waals surface area contributed by atoms with Crippen LogP contribution in [-0.4, -0.2) is 90.3 Å². The lowest BCUT2D eigenvalue weighted by molar-refractivity contribution is -0.178. The molecule has 194 valence electrons. The molecule has 1 unspecified atom stereocenters. The van der Waals surface area contributed by atoms with Crippen molar-refractivity contribution in [3.63, 3.8) is 0 Å². The number of benzene rings is 1. The van der Waals surface area contributed by atoms with E-state index in [1.807, 2.05) is 20.8 Å². The first-order valence-electron chi connectivity index (χ1n) is 11.1. The van der Waals surface area contributed by atoms with Crippen LogP contribution in [0.4, 0.5) is 13.2 Å². The molecule has 13 heteroatoms. The summed E-state index contributed by atoms with van der Waals surface area (Å²) in [5, 5.41) is 38.8. The van der Waals surface area contributed by atoms with Gasteiger partial charge in [-0.1, -0.05) is 19.1 Å². The molecule has 6 atom stereocenters. The van der Waals surface area contributed by atoms with Crippen LogP contribution in [-0.2, 0) is 9.53 Å². The Morgan fingerprint density at radius 1 is 1.23 bits per heavy atom. The smallest absolute Gasteiger partial charge is 0.235 e. The van der Waals surface area contributed by atoms with Crippen molar-refractivity contribution in [1.29, 1.82) is 0 Å². The molecule has 3 rings (SSSR count). The molecule has 2 aromatic rings. The highest BCUT2D eigenvalue weighted by molar-refractivity contribution is 8.01. The van der Waals surface area contributed by atoms with E-state index in [0.717, 1.165) is 28.6 Å². The summed E-state index contributed by atoms with van der Waals surface area (Å²) in [7, 11) is 1.66. The quantitative estimate of drug-likeness (QED) is 0.451. The van der Waals surface area contributed by atoms with Crippen molar-refractivity contribution >= 4 is 17.7 Å². The van der Waals surface area contributed by atoms with E-state index in [-0.39, 0.29) is 23.1 Å². The third-order valence-electron chi connectivity index (χ3n) is 5.92. The number of nitrogens with zero attached hydrogens (tertiary/aromatic N) is 4. The maximum absolute atomic E-state index is 13.7. The van der Waals surface area contributed by atoms with E-state index in [2.05, 4.69) is 10.3 Å². The van der Waals surface area contributed by atoms with Gasteiger partial charge >= 0.3 is 0 Å². The molecule has 1 saturated heterocycles. The Balaban J connectivity index is 1.91. The van der Waals surface area contributed by atoms with Gasteiger partial charge in [-0.3, -0.25) is 4.79 Å². The fraction of sp³-hybridized carbons (Fsp3) is 0.591. The van der Waals surface area contributed by atoms with Gasteiger partial charge in [0.05, 0.1) is 18.1 Å². The van der Waals surface area contributed by atoms with Crippen molar-refractivity contribution in [3.8, 4) is 11.3 Å². The van der Waals surface area contributed by atoms with Crippen LogP contribution < -0.4 is 0 Å². The normalized spacial score (nSPS) is 25.6. The summed E-state index contributed by atoms with van der Waals surface area (Å²) in [5.41, 5.74) is -1.14. The first-order chi connectivity index (χ1) is 16.5. The Kier molecular flexibility index (Phi) is 8.81. The second-order valence-corrected chi connectivity index (χ2v) is 9.93. The number of ether oxygens (including phenoxy) is 1. The first kappa shape index (κ1) is 27.4. The van der Waals surface area contributed by atoms with E-state index in [1.54, 1.807) is 11.9 Å².